The number of aliphatic carboxylic acids is 1. The molecule has 112 valence electrons. The van der Waals surface area contributed by atoms with E-state index in [0.29, 0.717) is 5.69 Å². The molecule has 2 fully saturated rings. The smallest absolute Gasteiger partial charge is 0.327 e. The number of pyridine rings is 1. The van der Waals surface area contributed by atoms with Crippen LogP contribution in [0.15, 0.2) is 24.4 Å². The minimum atomic E-state index is -1.01. The number of carbonyl (C=O) groups is 2. The Hall–Kier alpha value is -1.60. The molecule has 0 aromatic carbocycles. The van der Waals surface area contributed by atoms with Crippen molar-refractivity contribution >= 4 is 23.6 Å². The van der Waals surface area contributed by atoms with Crippen molar-refractivity contribution in [3.05, 3.63) is 30.1 Å². The number of thioether (sulfide) groups is 1. The molecule has 1 aromatic rings. The quantitative estimate of drug-likeness (QED) is 0.806. The van der Waals surface area contributed by atoms with Gasteiger partial charge in [-0.25, -0.2) is 4.79 Å². The first kappa shape index (κ1) is 14.3. The van der Waals surface area contributed by atoms with Gasteiger partial charge in [-0.3, -0.25) is 9.78 Å². The van der Waals surface area contributed by atoms with Gasteiger partial charge in [0, 0.05) is 10.9 Å². The predicted octanol–water partition coefficient (Wildman–Crippen LogP) is 0.878. The lowest BCUT2D eigenvalue weighted by Crippen LogP contribution is -2.64. The maximum Gasteiger partial charge on any atom is 0.327 e. The van der Waals surface area contributed by atoms with Crippen LogP contribution in [0.25, 0.3) is 0 Å². The minimum absolute atomic E-state index is 0.314. The second kappa shape index (κ2) is 4.71. The molecular weight excluding hydrogens is 292 g/mol. The highest BCUT2D eigenvalue weighted by atomic mass is 32.2. The van der Waals surface area contributed by atoms with Gasteiger partial charge in [-0.2, -0.15) is 0 Å². The van der Waals surface area contributed by atoms with Gasteiger partial charge >= 0.3 is 5.97 Å². The molecule has 4 atom stereocenters. The summed E-state index contributed by atoms with van der Waals surface area (Å²) in [4.78, 5) is 29.2. The molecule has 2 saturated heterocycles. The molecule has 0 spiro atoms. The van der Waals surface area contributed by atoms with Crippen LogP contribution in [-0.4, -0.2) is 48.1 Å². The van der Waals surface area contributed by atoms with Crippen LogP contribution >= 0.6 is 11.8 Å². The SMILES string of the molecule is CC1(C)S[C@@H]2[C@H]([C@H](O)c3ccccn3)C(=O)N2[C@H]1C(=O)O. The lowest BCUT2D eigenvalue weighted by atomic mass is 9.86. The number of carboxylic acid groups (broad SMARTS) is 1. The monoisotopic (exact) mass is 308 g/mol. The summed E-state index contributed by atoms with van der Waals surface area (Å²) in [6.45, 7) is 3.62. The number of β-lactam (4-membered cyclic amide) rings is 1. The molecule has 0 unspecified atom stereocenters. The van der Waals surface area contributed by atoms with Crippen LogP contribution in [0.1, 0.15) is 25.6 Å². The van der Waals surface area contributed by atoms with Gasteiger partial charge in [0.15, 0.2) is 0 Å². The van der Waals surface area contributed by atoms with Crippen molar-refractivity contribution in [1.29, 1.82) is 0 Å². The van der Waals surface area contributed by atoms with E-state index in [1.807, 2.05) is 13.8 Å². The molecule has 3 rings (SSSR count). The number of rotatable bonds is 3. The van der Waals surface area contributed by atoms with Gasteiger partial charge in [-0.15, -0.1) is 11.8 Å². The van der Waals surface area contributed by atoms with E-state index in [2.05, 4.69) is 4.98 Å². The number of aliphatic hydroxyl groups excluding tert-OH is 1. The van der Waals surface area contributed by atoms with Crippen molar-refractivity contribution in [2.45, 2.75) is 36.1 Å². The van der Waals surface area contributed by atoms with E-state index in [1.165, 1.54) is 16.7 Å². The van der Waals surface area contributed by atoms with Crippen LogP contribution in [0.4, 0.5) is 0 Å². The highest BCUT2D eigenvalue weighted by Gasteiger charge is 2.65. The molecule has 0 bridgehead atoms. The van der Waals surface area contributed by atoms with Crippen molar-refractivity contribution in [3.8, 4) is 0 Å². The first-order valence-electron chi connectivity index (χ1n) is 6.66. The molecule has 2 aliphatic rings. The third kappa shape index (κ3) is 2.03. The second-order valence-electron chi connectivity index (χ2n) is 5.82. The summed E-state index contributed by atoms with van der Waals surface area (Å²) < 4.78 is -0.579. The van der Waals surface area contributed by atoms with Crippen LogP contribution in [0.5, 0.6) is 0 Å². The fourth-order valence-electron chi connectivity index (χ4n) is 3.07. The van der Waals surface area contributed by atoms with Gasteiger partial charge in [-0.05, 0) is 26.0 Å². The highest BCUT2D eigenvalue weighted by molar-refractivity contribution is 8.01. The fraction of sp³-hybridized carbons (Fsp3) is 0.500. The van der Waals surface area contributed by atoms with Crippen LogP contribution < -0.4 is 0 Å². The van der Waals surface area contributed by atoms with Gasteiger partial charge in [-0.1, -0.05) is 6.07 Å². The van der Waals surface area contributed by atoms with Crippen molar-refractivity contribution in [3.63, 3.8) is 0 Å². The van der Waals surface area contributed by atoms with Crippen LogP contribution in [-0.2, 0) is 9.59 Å². The van der Waals surface area contributed by atoms with Gasteiger partial charge < -0.3 is 15.1 Å². The van der Waals surface area contributed by atoms with E-state index in [-0.39, 0.29) is 11.3 Å². The Kier molecular flexibility index (Phi) is 3.22. The summed E-state index contributed by atoms with van der Waals surface area (Å²) in [5.74, 6) is -1.95. The predicted molar refractivity (Wildman–Crippen MR) is 76.4 cm³/mol. The Morgan fingerprint density at radius 1 is 1.48 bits per heavy atom. The Morgan fingerprint density at radius 2 is 2.19 bits per heavy atom. The summed E-state index contributed by atoms with van der Waals surface area (Å²) >= 11 is 1.43. The molecule has 2 aliphatic heterocycles. The highest BCUT2D eigenvalue weighted by Crippen LogP contribution is 2.55. The van der Waals surface area contributed by atoms with Crippen LogP contribution in [0.2, 0.25) is 0 Å². The topological polar surface area (TPSA) is 90.7 Å². The first-order chi connectivity index (χ1) is 9.84. The number of carboxylic acids is 1. The average Bonchev–Trinajstić information content (AvgIpc) is 2.68. The zero-order valence-electron chi connectivity index (χ0n) is 11.6. The van der Waals surface area contributed by atoms with E-state index in [4.69, 9.17) is 0 Å². The van der Waals surface area contributed by atoms with Gasteiger partial charge in [0.1, 0.15) is 12.1 Å². The molecule has 0 saturated carbocycles. The molecule has 21 heavy (non-hydrogen) atoms. The number of hydrogen-bond donors (Lipinski definition) is 2. The zero-order valence-corrected chi connectivity index (χ0v) is 12.4. The molecule has 0 radical (unpaired) electrons. The first-order valence-corrected chi connectivity index (χ1v) is 7.54. The Morgan fingerprint density at radius 3 is 2.76 bits per heavy atom. The number of nitrogens with zero attached hydrogens (tertiary/aromatic N) is 2. The van der Waals surface area contributed by atoms with Crippen molar-refractivity contribution < 1.29 is 19.8 Å². The molecule has 2 N–H and O–H groups in total. The third-order valence-electron chi connectivity index (χ3n) is 4.05. The number of carbonyl (C=O) groups excluding carboxylic acids is 1. The van der Waals surface area contributed by atoms with Crippen molar-refractivity contribution in [1.82, 2.24) is 9.88 Å². The Labute approximate surface area is 126 Å². The van der Waals surface area contributed by atoms with Gasteiger partial charge in [0.05, 0.1) is 17.0 Å². The lowest BCUT2D eigenvalue weighted by molar-refractivity contribution is -0.169. The lowest BCUT2D eigenvalue weighted by Gasteiger charge is -2.45. The number of hydrogen-bond acceptors (Lipinski definition) is 5. The minimum Gasteiger partial charge on any atom is -0.480 e. The molecule has 1 aromatic heterocycles. The summed E-state index contributed by atoms with van der Waals surface area (Å²) in [5, 5.41) is 19.4. The summed E-state index contributed by atoms with van der Waals surface area (Å²) in [7, 11) is 0. The zero-order chi connectivity index (χ0) is 15.4. The standard InChI is InChI=1S/C14H16N2O4S/c1-14(2)10(13(19)20)16-11(18)8(12(16)21-14)9(17)7-5-3-4-6-15-7/h3-6,8-10,12,17H,1-2H3,(H,19,20)/t8-,9-,10+,12-/m1/s1. The van der Waals surface area contributed by atoms with E-state index in [1.54, 1.807) is 24.4 Å². The Bertz CT molecular complexity index is 592. The third-order valence-corrected chi connectivity index (χ3v) is 5.64. The van der Waals surface area contributed by atoms with Crippen LogP contribution in [0.3, 0.4) is 0 Å². The maximum absolute atomic E-state index is 12.3. The second-order valence-corrected chi connectivity index (χ2v) is 7.59. The van der Waals surface area contributed by atoms with E-state index in [9.17, 15) is 19.8 Å². The average molecular weight is 308 g/mol. The largest absolute Gasteiger partial charge is 0.480 e. The summed E-state index contributed by atoms with van der Waals surface area (Å²) in [6, 6.07) is 4.30. The van der Waals surface area contributed by atoms with E-state index < -0.39 is 28.8 Å². The number of aliphatic hydroxyl groups is 1. The molecule has 3 heterocycles. The van der Waals surface area contributed by atoms with Crippen LogP contribution in [0, 0.1) is 5.92 Å². The van der Waals surface area contributed by atoms with Gasteiger partial charge in [0.25, 0.3) is 0 Å². The Balaban J connectivity index is 1.87. The van der Waals surface area contributed by atoms with Crippen molar-refractivity contribution in [2.24, 2.45) is 5.92 Å². The normalized spacial score (nSPS) is 31.5. The summed E-state index contributed by atoms with van der Waals surface area (Å²) in [5.41, 5.74) is 0.438. The molecular formula is C14H16N2O4S. The van der Waals surface area contributed by atoms with Crippen molar-refractivity contribution in [2.75, 3.05) is 0 Å². The molecule has 1 amide bonds. The summed E-state index contributed by atoms with van der Waals surface area (Å²) in [6.07, 6.45) is 0.557. The maximum atomic E-state index is 12.3. The fourth-order valence-corrected chi connectivity index (χ4v) is 4.78. The van der Waals surface area contributed by atoms with E-state index >= 15 is 0 Å². The number of aromatic nitrogens is 1. The van der Waals surface area contributed by atoms with Gasteiger partial charge in [0.2, 0.25) is 5.91 Å². The molecule has 7 heteroatoms. The number of amides is 1. The van der Waals surface area contributed by atoms with E-state index in [0.717, 1.165) is 0 Å². The number of fused-ring (bicyclic) bond motifs is 1. The molecule has 6 nitrogen and oxygen atoms in total. The molecule has 0 aliphatic carbocycles.